The first-order valence-corrected chi connectivity index (χ1v) is 6.85. The van der Waals surface area contributed by atoms with Gasteiger partial charge in [0.15, 0.2) is 5.82 Å². The predicted octanol–water partition coefficient (Wildman–Crippen LogP) is 1.50. The molecule has 1 unspecified atom stereocenters. The molecule has 1 N–H and O–H groups in total. The van der Waals surface area contributed by atoms with Gasteiger partial charge in [-0.25, -0.2) is 0 Å². The van der Waals surface area contributed by atoms with E-state index in [0.717, 1.165) is 19.4 Å². The lowest BCUT2D eigenvalue weighted by molar-refractivity contribution is -0.137. The van der Waals surface area contributed by atoms with Gasteiger partial charge in [-0.2, -0.15) is 4.98 Å². The molecule has 2 rings (SSSR count). The maximum atomic E-state index is 10.5. The van der Waals surface area contributed by atoms with Crippen molar-refractivity contribution in [1.82, 2.24) is 15.0 Å². The number of carboxylic acids is 1. The molecule has 1 aromatic heterocycles. The molecule has 1 aliphatic heterocycles. The van der Waals surface area contributed by atoms with Crippen LogP contribution in [0.1, 0.15) is 44.8 Å². The topological polar surface area (TPSA) is 79.5 Å². The summed E-state index contributed by atoms with van der Waals surface area (Å²) in [6, 6.07) is 0.995. The number of aliphatic carboxylic acids is 1. The zero-order chi connectivity index (χ0) is 13.8. The highest BCUT2D eigenvalue weighted by atomic mass is 16.5. The summed E-state index contributed by atoms with van der Waals surface area (Å²) in [5.74, 6) is 0.276. The quantitative estimate of drug-likeness (QED) is 0.841. The summed E-state index contributed by atoms with van der Waals surface area (Å²) in [7, 11) is 0. The van der Waals surface area contributed by atoms with Crippen LogP contribution in [0.25, 0.3) is 0 Å². The first-order chi connectivity index (χ1) is 9.06. The lowest BCUT2D eigenvalue weighted by Gasteiger charge is -2.27. The maximum absolute atomic E-state index is 10.5. The van der Waals surface area contributed by atoms with Crippen LogP contribution in [0.5, 0.6) is 0 Å². The van der Waals surface area contributed by atoms with Crippen LogP contribution in [0.4, 0.5) is 0 Å². The molecule has 0 radical (unpaired) electrons. The van der Waals surface area contributed by atoms with Gasteiger partial charge in [-0.05, 0) is 33.2 Å². The number of likely N-dealkylation sites (tertiary alicyclic amines) is 1. The summed E-state index contributed by atoms with van der Waals surface area (Å²) < 4.78 is 5.21. The highest BCUT2D eigenvalue weighted by Gasteiger charge is 2.28. The van der Waals surface area contributed by atoms with E-state index in [2.05, 4.69) is 28.9 Å². The Morgan fingerprint density at radius 1 is 1.58 bits per heavy atom. The zero-order valence-corrected chi connectivity index (χ0v) is 11.5. The van der Waals surface area contributed by atoms with E-state index in [-0.39, 0.29) is 6.42 Å². The van der Waals surface area contributed by atoms with Gasteiger partial charge in [-0.15, -0.1) is 0 Å². The number of aryl methyl sites for hydroxylation is 1. The highest BCUT2D eigenvalue weighted by Crippen LogP contribution is 2.22. The molecule has 0 aromatic carbocycles. The van der Waals surface area contributed by atoms with Crippen LogP contribution < -0.4 is 0 Å². The largest absolute Gasteiger partial charge is 0.481 e. The van der Waals surface area contributed by atoms with Gasteiger partial charge in [0.1, 0.15) is 0 Å². The number of rotatable bonds is 6. The van der Waals surface area contributed by atoms with Gasteiger partial charge in [-0.1, -0.05) is 5.16 Å². The molecule has 1 atom stereocenters. The van der Waals surface area contributed by atoms with Gasteiger partial charge in [0.05, 0.1) is 6.42 Å². The molecule has 6 heteroatoms. The lowest BCUT2D eigenvalue weighted by Crippen LogP contribution is -2.36. The van der Waals surface area contributed by atoms with Crippen molar-refractivity contribution < 1.29 is 14.4 Å². The van der Waals surface area contributed by atoms with Crippen LogP contribution in [0.15, 0.2) is 4.52 Å². The standard InChI is InChI=1S/C13H21N3O3/c1-9(2)16-7-3-4-10(16)8-12-14-11(15-19-12)5-6-13(17)18/h9-10H,3-8H2,1-2H3,(H,17,18). The van der Waals surface area contributed by atoms with Crippen molar-refractivity contribution >= 4 is 5.97 Å². The van der Waals surface area contributed by atoms with Crippen LogP contribution >= 0.6 is 0 Å². The van der Waals surface area contributed by atoms with Crippen LogP contribution in [0, 0.1) is 0 Å². The monoisotopic (exact) mass is 267 g/mol. The van der Waals surface area contributed by atoms with E-state index >= 15 is 0 Å². The van der Waals surface area contributed by atoms with Gasteiger partial charge in [0.25, 0.3) is 0 Å². The Hall–Kier alpha value is -1.43. The van der Waals surface area contributed by atoms with Crippen molar-refractivity contribution in [3.8, 4) is 0 Å². The molecule has 0 saturated carbocycles. The second-order valence-electron chi connectivity index (χ2n) is 5.33. The molecular weight excluding hydrogens is 246 g/mol. The van der Waals surface area contributed by atoms with E-state index in [1.165, 1.54) is 6.42 Å². The smallest absolute Gasteiger partial charge is 0.303 e. The zero-order valence-electron chi connectivity index (χ0n) is 11.5. The minimum Gasteiger partial charge on any atom is -0.481 e. The summed E-state index contributed by atoms with van der Waals surface area (Å²) in [4.78, 5) is 17.2. The van der Waals surface area contributed by atoms with E-state index in [1.54, 1.807) is 0 Å². The Morgan fingerprint density at radius 3 is 3.05 bits per heavy atom. The summed E-state index contributed by atoms with van der Waals surface area (Å²) in [5, 5.41) is 12.4. The molecule has 1 saturated heterocycles. The van der Waals surface area contributed by atoms with Crippen LogP contribution in [0.3, 0.4) is 0 Å². The van der Waals surface area contributed by atoms with Crippen LogP contribution in [-0.4, -0.2) is 44.7 Å². The summed E-state index contributed by atoms with van der Waals surface area (Å²) in [5.41, 5.74) is 0. The molecule has 2 heterocycles. The maximum Gasteiger partial charge on any atom is 0.303 e. The van der Waals surface area contributed by atoms with Gasteiger partial charge in [0.2, 0.25) is 5.89 Å². The van der Waals surface area contributed by atoms with Crippen molar-refractivity contribution in [3.63, 3.8) is 0 Å². The van der Waals surface area contributed by atoms with Crippen molar-refractivity contribution in [3.05, 3.63) is 11.7 Å². The van der Waals surface area contributed by atoms with E-state index in [9.17, 15) is 4.79 Å². The molecule has 1 aromatic rings. The number of nitrogens with zero attached hydrogens (tertiary/aromatic N) is 3. The second-order valence-corrected chi connectivity index (χ2v) is 5.33. The Balaban J connectivity index is 1.90. The number of carbonyl (C=O) groups is 1. The minimum atomic E-state index is -0.840. The minimum absolute atomic E-state index is 0.0422. The fraction of sp³-hybridized carbons (Fsp3) is 0.769. The molecular formula is C13H21N3O3. The molecule has 106 valence electrons. The fourth-order valence-electron chi connectivity index (χ4n) is 2.65. The Kier molecular flexibility index (Phi) is 4.52. The third-order valence-corrected chi connectivity index (χ3v) is 3.57. The Labute approximate surface area is 112 Å². The third kappa shape index (κ3) is 3.76. The summed E-state index contributed by atoms with van der Waals surface area (Å²) in [6.07, 6.45) is 3.50. The molecule has 19 heavy (non-hydrogen) atoms. The molecule has 0 amide bonds. The lowest BCUT2D eigenvalue weighted by atomic mass is 10.1. The SMILES string of the molecule is CC(C)N1CCCC1Cc1nc(CCC(=O)O)no1. The number of hydrogen-bond acceptors (Lipinski definition) is 5. The van der Waals surface area contributed by atoms with Crippen molar-refractivity contribution in [2.24, 2.45) is 0 Å². The van der Waals surface area contributed by atoms with Crippen molar-refractivity contribution in [2.45, 2.75) is 58.0 Å². The van der Waals surface area contributed by atoms with Crippen molar-refractivity contribution in [2.75, 3.05) is 6.54 Å². The average Bonchev–Trinajstić information content (AvgIpc) is 2.96. The normalized spacial score (nSPS) is 20.3. The Morgan fingerprint density at radius 2 is 2.37 bits per heavy atom. The first kappa shape index (κ1) is 14.0. The summed E-state index contributed by atoms with van der Waals surface area (Å²) in [6.45, 7) is 5.52. The van der Waals surface area contributed by atoms with Crippen LogP contribution in [0.2, 0.25) is 0 Å². The van der Waals surface area contributed by atoms with Gasteiger partial charge >= 0.3 is 5.97 Å². The van der Waals surface area contributed by atoms with Gasteiger partial charge in [-0.3, -0.25) is 9.69 Å². The third-order valence-electron chi connectivity index (χ3n) is 3.57. The molecule has 1 aliphatic rings. The molecule has 0 aliphatic carbocycles. The van der Waals surface area contributed by atoms with E-state index in [4.69, 9.17) is 9.63 Å². The first-order valence-electron chi connectivity index (χ1n) is 6.85. The number of aromatic nitrogens is 2. The van der Waals surface area contributed by atoms with Gasteiger partial charge < -0.3 is 9.63 Å². The van der Waals surface area contributed by atoms with Crippen molar-refractivity contribution in [1.29, 1.82) is 0 Å². The second kappa shape index (κ2) is 6.14. The number of carboxylic acid groups (broad SMARTS) is 1. The molecule has 0 spiro atoms. The molecule has 1 fully saturated rings. The van der Waals surface area contributed by atoms with Crippen LogP contribution in [-0.2, 0) is 17.6 Å². The van der Waals surface area contributed by atoms with E-state index in [0.29, 0.717) is 30.2 Å². The Bertz CT molecular complexity index is 431. The highest BCUT2D eigenvalue weighted by molar-refractivity contribution is 5.66. The van der Waals surface area contributed by atoms with Gasteiger partial charge in [0, 0.05) is 24.9 Å². The average molecular weight is 267 g/mol. The summed E-state index contributed by atoms with van der Waals surface area (Å²) >= 11 is 0. The van der Waals surface area contributed by atoms with E-state index < -0.39 is 5.97 Å². The number of hydrogen-bond donors (Lipinski definition) is 1. The van der Waals surface area contributed by atoms with E-state index in [1.807, 2.05) is 0 Å². The fourth-order valence-corrected chi connectivity index (χ4v) is 2.65. The predicted molar refractivity (Wildman–Crippen MR) is 68.8 cm³/mol. The molecule has 0 bridgehead atoms. The molecule has 6 nitrogen and oxygen atoms in total.